The van der Waals surface area contributed by atoms with Crippen LogP contribution in [0.5, 0.6) is 0 Å². The van der Waals surface area contributed by atoms with Crippen LogP contribution in [0.15, 0.2) is 22.7 Å². The fourth-order valence-electron chi connectivity index (χ4n) is 1.48. The minimum absolute atomic E-state index is 0.00882. The highest BCUT2D eigenvalue weighted by atomic mass is 79.9. The van der Waals surface area contributed by atoms with E-state index in [4.69, 9.17) is 4.74 Å². The van der Waals surface area contributed by atoms with Gasteiger partial charge in [0.05, 0.1) is 6.54 Å². The van der Waals surface area contributed by atoms with Crippen molar-refractivity contribution in [2.75, 3.05) is 32.1 Å². The average molecular weight is 315 g/mol. The molecule has 1 rings (SSSR count). The lowest BCUT2D eigenvalue weighted by Crippen LogP contribution is -2.31. The quantitative estimate of drug-likeness (QED) is 0.759. The molecule has 0 heterocycles. The number of anilines is 1. The predicted octanol–water partition coefficient (Wildman–Crippen LogP) is 2.32. The van der Waals surface area contributed by atoms with Gasteiger partial charge in [-0.3, -0.25) is 4.79 Å². The third-order valence-electron chi connectivity index (χ3n) is 2.55. The van der Waals surface area contributed by atoms with Crippen LogP contribution in [0, 0.1) is 6.92 Å². The van der Waals surface area contributed by atoms with E-state index in [1.807, 2.05) is 25.1 Å². The number of methoxy groups -OCH3 is 1. The number of nitrogens with one attached hydrogen (secondary N) is 2. The summed E-state index contributed by atoms with van der Waals surface area (Å²) < 4.78 is 5.94. The van der Waals surface area contributed by atoms with Gasteiger partial charge in [0.1, 0.15) is 0 Å². The van der Waals surface area contributed by atoms with Gasteiger partial charge >= 0.3 is 0 Å². The molecule has 1 aromatic carbocycles. The first-order valence-corrected chi connectivity index (χ1v) is 6.69. The Morgan fingerprint density at radius 2 is 2.22 bits per heavy atom. The second-order valence-electron chi connectivity index (χ2n) is 3.96. The van der Waals surface area contributed by atoms with Gasteiger partial charge in [-0.05, 0) is 31.0 Å². The van der Waals surface area contributed by atoms with Crippen LogP contribution in [0.2, 0.25) is 0 Å². The molecule has 0 aliphatic rings. The van der Waals surface area contributed by atoms with E-state index < -0.39 is 0 Å². The van der Waals surface area contributed by atoms with Gasteiger partial charge in [0.15, 0.2) is 0 Å². The molecule has 0 aliphatic carbocycles. The number of benzene rings is 1. The summed E-state index contributed by atoms with van der Waals surface area (Å²) in [5.74, 6) is -0.00882. The molecule has 0 saturated heterocycles. The normalized spacial score (nSPS) is 10.2. The van der Waals surface area contributed by atoms with Crippen molar-refractivity contribution in [3.05, 3.63) is 28.2 Å². The van der Waals surface area contributed by atoms with E-state index in [2.05, 4.69) is 26.6 Å². The van der Waals surface area contributed by atoms with Crippen molar-refractivity contribution in [1.82, 2.24) is 5.32 Å². The number of halogens is 1. The largest absolute Gasteiger partial charge is 0.385 e. The van der Waals surface area contributed by atoms with Gasteiger partial charge in [-0.2, -0.15) is 0 Å². The van der Waals surface area contributed by atoms with Crippen molar-refractivity contribution in [3.8, 4) is 0 Å². The summed E-state index contributed by atoms with van der Waals surface area (Å²) in [6.45, 7) is 3.59. The van der Waals surface area contributed by atoms with Crippen molar-refractivity contribution < 1.29 is 9.53 Å². The lowest BCUT2D eigenvalue weighted by atomic mass is 10.2. The number of ether oxygens (including phenoxy) is 1. The molecule has 0 radical (unpaired) electrons. The molecule has 100 valence electrons. The maximum absolute atomic E-state index is 11.5. The summed E-state index contributed by atoms with van der Waals surface area (Å²) in [4.78, 5) is 11.5. The molecule has 0 aromatic heterocycles. The Balaban J connectivity index is 2.32. The van der Waals surface area contributed by atoms with Gasteiger partial charge in [-0.15, -0.1) is 0 Å². The summed E-state index contributed by atoms with van der Waals surface area (Å²) in [5.41, 5.74) is 2.07. The van der Waals surface area contributed by atoms with Crippen molar-refractivity contribution in [2.24, 2.45) is 0 Å². The Labute approximate surface area is 116 Å². The number of carbonyl (C=O) groups is 1. The van der Waals surface area contributed by atoms with E-state index in [1.54, 1.807) is 7.11 Å². The van der Waals surface area contributed by atoms with Gasteiger partial charge in [0.25, 0.3) is 0 Å². The Morgan fingerprint density at radius 1 is 1.44 bits per heavy atom. The summed E-state index contributed by atoms with van der Waals surface area (Å²) in [5, 5.41) is 5.95. The lowest BCUT2D eigenvalue weighted by molar-refractivity contribution is -0.119. The van der Waals surface area contributed by atoms with Crippen molar-refractivity contribution >= 4 is 27.5 Å². The van der Waals surface area contributed by atoms with Crippen LogP contribution < -0.4 is 10.6 Å². The van der Waals surface area contributed by atoms with Crippen molar-refractivity contribution in [2.45, 2.75) is 13.3 Å². The van der Waals surface area contributed by atoms with Gasteiger partial charge in [0, 0.05) is 30.4 Å². The zero-order valence-corrected chi connectivity index (χ0v) is 12.3. The second-order valence-corrected chi connectivity index (χ2v) is 4.82. The van der Waals surface area contributed by atoms with Crippen LogP contribution in [0.1, 0.15) is 12.0 Å². The summed E-state index contributed by atoms with van der Waals surface area (Å²) >= 11 is 3.46. The van der Waals surface area contributed by atoms with Crippen LogP contribution in [0.25, 0.3) is 0 Å². The summed E-state index contributed by atoms with van der Waals surface area (Å²) in [6.07, 6.45) is 0.832. The van der Waals surface area contributed by atoms with E-state index in [0.29, 0.717) is 13.2 Å². The predicted molar refractivity (Wildman–Crippen MR) is 76.9 cm³/mol. The third-order valence-corrected chi connectivity index (χ3v) is 3.41. The van der Waals surface area contributed by atoms with Gasteiger partial charge in [0.2, 0.25) is 5.91 Å². The first-order chi connectivity index (χ1) is 8.65. The fraction of sp³-hybridized carbons (Fsp3) is 0.462. The van der Waals surface area contributed by atoms with Crippen LogP contribution in [0.4, 0.5) is 5.69 Å². The van der Waals surface area contributed by atoms with Crippen molar-refractivity contribution in [1.29, 1.82) is 0 Å². The standard InChI is InChI=1S/C13H19BrN2O2/c1-10-11(14)5-3-6-12(10)16-9-13(17)15-7-4-8-18-2/h3,5-6,16H,4,7-9H2,1-2H3,(H,15,17). The minimum Gasteiger partial charge on any atom is -0.385 e. The molecule has 0 saturated carbocycles. The Morgan fingerprint density at radius 3 is 2.94 bits per heavy atom. The second kappa shape index (κ2) is 8.11. The third kappa shape index (κ3) is 5.06. The van der Waals surface area contributed by atoms with E-state index in [1.165, 1.54) is 0 Å². The number of amides is 1. The lowest BCUT2D eigenvalue weighted by Gasteiger charge is -2.10. The maximum Gasteiger partial charge on any atom is 0.239 e. The number of hydrogen-bond donors (Lipinski definition) is 2. The molecule has 1 amide bonds. The van der Waals surface area contributed by atoms with E-state index in [-0.39, 0.29) is 12.5 Å². The van der Waals surface area contributed by atoms with Crippen LogP contribution in [-0.4, -0.2) is 32.7 Å². The summed E-state index contributed by atoms with van der Waals surface area (Å²) in [6, 6.07) is 5.87. The fourth-order valence-corrected chi connectivity index (χ4v) is 1.85. The molecular formula is C13H19BrN2O2. The van der Waals surface area contributed by atoms with Crippen molar-refractivity contribution in [3.63, 3.8) is 0 Å². The molecule has 0 atom stereocenters. The van der Waals surface area contributed by atoms with Crippen LogP contribution in [0.3, 0.4) is 0 Å². The average Bonchev–Trinajstić information content (AvgIpc) is 2.36. The highest BCUT2D eigenvalue weighted by Crippen LogP contribution is 2.22. The molecule has 5 heteroatoms. The van der Waals surface area contributed by atoms with E-state index in [0.717, 1.165) is 22.1 Å². The van der Waals surface area contributed by atoms with E-state index in [9.17, 15) is 4.79 Å². The zero-order valence-electron chi connectivity index (χ0n) is 10.8. The first kappa shape index (κ1) is 15.0. The molecule has 2 N–H and O–H groups in total. The monoisotopic (exact) mass is 314 g/mol. The molecule has 18 heavy (non-hydrogen) atoms. The molecule has 0 unspecified atom stereocenters. The summed E-state index contributed by atoms with van der Waals surface area (Å²) in [7, 11) is 1.65. The first-order valence-electron chi connectivity index (χ1n) is 5.89. The SMILES string of the molecule is COCCCNC(=O)CNc1cccc(Br)c1C. The molecule has 0 aliphatic heterocycles. The number of hydrogen-bond acceptors (Lipinski definition) is 3. The smallest absolute Gasteiger partial charge is 0.239 e. The van der Waals surface area contributed by atoms with Gasteiger partial charge < -0.3 is 15.4 Å². The van der Waals surface area contributed by atoms with E-state index >= 15 is 0 Å². The molecule has 0 spiro atoms. The topological polar surface area (TPSA) is 50.4 Å². The number of rotatable bonds is 7. The Hall–Kier alpha value is -1.07. The Bertz CT molecular complexity index is 397. The Kier molecular flexibility index (Phi) is 6.75. The van der Waals surface area contributed by atoms with Gasteiger partial charge in [-0.1, -0.05) is 22.0 Å². The molecule has 0 fully saturated rings. The maximum atomic E-state index is 11.5. The highest BCUT2D eigenvalue weighted by Gasteiger charge is 2.04. The number of carbonyl (C=O) groups excluding carboxylic acids is 1. The molecule has 1 aromatic rings. The van der Waals surface area contributed by atoms with Crippen LogP contribution >= 0.6 is 15.9 Å². The minimum atomic E-state index is -0.00882. The zero-order chi connectivity index (χ0) is 13.4. The van der Waals surface area contributed by atoms with Crippen LogP contribution in [-0.2, 0) is 9.53 Å². The molecular weight excluding hydrogens is 296 g/mol. The molecule has 4 nitrogen and oxygen atoms in total. The highest BCUT2D eigenvalue weighted by molar-refractivity contribution is 9.10. The van der Waals surface area contributed by atoms with Gasteiger partial charge in [-0.25, -0.2) is 0 Å². The molecule has 0 bridgehead atoms.